The molecule has 0 aliphatic carbocycles. The van der Waals surface area contributed by atoms with E-state index in [1.54, 1.807) is 0 Å². The highest BCUT2D eigenvalue weighted by Gasteiger charge is 2.31. The van der Waals surface area contributed by atoms with Crippen LogP contribution in [0.1, 0.15) is 15.9 Å². The monoisotopic (exact) mass is 310 g/mol. The molecule has 3 N–H and O–H groups in total. The van der Waals surface area contributed by atoms with E-state index < -0.39 is 18.0 Å². The average Bonchev–Trinajstić information content (AvgIpc) is 2.39. The van der Waals surface area contributed by atoms with Gasteiger partial charge in [-0.25, -0.2) is 0 Å². The number of ether oxygens (including phenoxy) is 1. The Bertz CT molecular complexity index is 649. The molecule has 0 aromatic heterocycles. The molecule has 116 valence electrons. The third-order valence-electron chi connectivity index (χ3n) is 2.84. The van der Waals surface area contributed by atoms with E-state index in [9.17, 15) is 18.0 Å². The van der Waals surface area contributed by atoms with Crippen molar-refractivity contribution in [3.63, 3.8) is 0 Å². The van der Waals surface area contributed by atoms with Gasteiger partial charge in [0, 0.05) is 17.8 Å². The van der Waals surface area contributed by atoms with Gasteiger partial charge in [-0.15, -0.1) is 13.2 Å². The smallest absolute Gasteiger partial charge is 0.406 e. The first-order valence-corrected chi connectivity index (χ1v) is 6.32. The quantitative estimate of drug-likeness (QED) is 0.894. The molecule has 2 aromatic carbocycles. The molecule has 1 heterocycles. The van der Waals surface area contributed by atoms with Crippen LogP contribution in [0.3, 0.4) is 0 Å². The Hall–Kier alpha value is -2.70. The number of fused-ring (bicyclic) bond motifs is 1. The van der Waals surface area contributed by atoms with Crippen molar-refractivity contribution in [2.24, 2.45) is 5.73 Å². The molecular formula is C15H13F3N2O2. The molecule has 0 unspecified atom stereocenters. The molecule has 1 aliphatic heterocycles. The van der Waals surface area contributed by atoms with Crippen LogP contribution in [-0.2, 0) is 6.54 Å². The van der Waals surface area contributed by atoms with Gasteiger partial charge in [0.05, 0.1) is 0 Å². The highest BCUT2D eigenvalue weighted by Crippen LogP contribution is 2.24. The van der Waals surface area contributed by atoms with Crippen LogP contribution in [0.4, 0.5) is 18.9 Å². The minimum absolute atomic E-state index is 0.0354. The maximum Gasteiger partial charge on any atom is 0.573 e. The minimum Gasteiger partial charge on any atom is -0.406 e. The number of benzene rings is 2. The van der Waals surface area contributed by atoms with Gasteiger partial charge in [0.2, 0.25) is 5.91 Å². The van der Waals surface area contributed by atoms with Gasteiger partial charge in [0.25, 0.3) is 0 Å². The lowest BCUT2D eigenvalue weighted by Gasteiger charge is -2.19. The fraction of sp³-hybridized carbons (Fsp3) is 0.133. The number of anilines is 1. The number of hydrogen-bond donors (Lipinski definition) is 2. The summed E-state index contributed by atoms with van der Waals surface area (Å²) in [4.78, 5) is 10.6. The lowest BCUT2D eigenvalue weighted by atomic mass is 10.1. The first kappa shape index (κ1) is 15.7. The summed E-state index contributed by atoms with van der Waals surface area (Å²) in [6.07, 6.45) is -4.77. The van der Waals surface area contributed by atoms with Gasteiger partial charge in [0.15, 0.2) is 0 Å². The third-order valence-corrected chi connectivity index (χ3v) is 2.84. The molecular weight excluding hydrogens is 297 g/mol. The van der Waals surface area contributed by atoms with Gasteiger partial charge in [-0.1, -0.05) is 24.3 Å². The number of carbonyl (C=O) groups is 1. The van der Waals surface area contributed by atoms with E-state index in [1.807, 2.05) is 6.07 Å². The van der Waals surface area contributed by atoms with Crippen LogP contribution in [0.25, 0.3) is 0 Å². The Labute approximate surface area is 124 Å². The maximum atomic E-state index is 11.7. The summed E-state index contributed by atoms with van der Waals surface area (Å²) in [6.45, 7) is 1.05. The van der Waals surface area contributed by atoms with Crippen LogP contribution in [0.15, 0.2) is 48.5 Å². The molecule has 0 saturated carbocycles. The summed E-state index contributed by atoms with van der Waals surface area (Å²) >= 11 is 0. The predicted octanol–water partition coefficient (Wildman–Crippen LogP) is 3.30. The van der Waals surface area contributed by atoms with Crippen LogP contribution in [0, 0.1) is 0 Å². The number of halogens is 3. The summed E-state index contributed by atoms with van der Waals surface area (Å²) in [5.41, 5.74) is 7.57. The lowest BCUT2D eigenvalue weighted by molar-refractivity contribution is -0.274. The standard InChI is InChI=1S/C8H6F3NO2.C7H7N/c9-8(10,11)14-6-3-1-2-5(4-6)7(12)13;1-2-4-7-6(3-1)5-8-7/h1-4H,(H2,12,13);1-4,8H,5H2. The minimum atomic E-state index is -4.77. The van der Waals surface area contributed by atoms with Gasteiger partial charge >= 0.3 is 6.36 Å². The number of hydrogen-bond acceptors (Lipinski definition) is 3. The van der Waals surface area contributed by atoms with Crippen molar-refractivity contribution in [2.75, 3.05) is 5.32 Å². The number of nitrogens with one attached hydrogen (secondary N) is 1. The Morgan fingerprint density at radius 1 is 1.14 bits per heavy atom. The summed E-state index contributed by atoms with van der Waals surface area (Å²) in [6, 6.07) is 12.9. The SMILES string of the molecule is NC(=O)c1cccc(OC(F)(F)F)c1.c1ccc2c(c1)CN2. The van der Waals surface area contributed by atoms with E-state index >= 15 is 0 Å². The zero-order chi connectivity index (χ0) is 16.2. The van der Waals surface area contributed by atoms with Crippen LogP contribution in [0.5, 0.6) is 5.75 Å². The molecule has 1 aliphatic rings. The maximum absolute atomic E-state index is 11.7. The fourth-order valence-corrected chi connectivity index (χ4v) is 1.78. The van der Waals surface area contributed by atoms with Gasteiger partial charge < -0.3 is 15.8 Å². The molecule has 0 fully saturated rings. The molecule has 3 rings (SSSR count). The van der Waals surface area contributed by atoms with E-state index in [0.29, 0.717) is 0 Å². The van der Waals surface area contributed by atoms with Crippen molar-refractivity contribution < 1.29 is 22.7 Å². The number of primary amides is 1. The number of rotatable bonds is 2. The highest BCUT2D eigenvalue weighted by atomic mass is 19.4. The molecule has 7 heteroatoms. The number of alkyl halides is 3. The van der Waals surface area contributed by atoms with Crippen molar-refractivity contribution in [3.05, 3.63) is 59.7 Å². The molecule has 0 spiro atoms. The average molecular weight is 310 g/mol. The van der Waals surface area contributed by atoms with Crippen LogP contribution in [-0.4, -0.2) is 12.3 Å². The van der Waals surface area contributed by atoms with E-state index in [1.165, 1.54) is 23.4 Å². The van der Waals surface area contributed by atoms with E-state index in [0.717, 1.165) is 18.7 Å². The third kappa shape index (κ3) is 4.41. The molecule has 0 radical (unpaired) electrons. The van der Waals surface area contributed by atoms with Crippen molar-refractivity contribution in [1.82, 2.24) is 0 Å². The molecule has 0 saturated heterocycles. The van der Waals surface area contributed by atoms with Gasteiger partial charge in [-0.2, -0.15) is 0 Å². The van der Waals surface area contributed by atoms with Crippen LogP contribution in [0.2, 0.25) is 0 Å². The second-order valence-corrected chi connectivity index (χ2v) is 4.45. The molecule has 0 atom stereocenters. The molecule has 2 aromatic rings. The summed E-state index contributed by atoms with van der Waals surface area (Å²) in [5, 5.41) is 3.19. The lowest BCUT2D eigenvalue weighted by Crippen LogP contribution is -2.18. The number of amides is 1. The summed E-state index contributed by atoms with van der Waals surface area (Å²) < 4.78 is 38.8. The second kappa shape index (κ2) is 6.38. The van der Waals surface area contributed by atoms with Crippen molar-refractivity contribution in [1.29, 1.82) is 0 Å². The molecule has 0 bridgehead atoms. The number of nitrogens with two attached hydrogens (primary N) is 1. The predicted molar refractivity (Wildman–Crippen MR) is 75.4 cm³/mol. The number of para-hydroxylation sites is 1. The Morgan fingerprint density at radius 2 is 1.86 bits per heavy atom. The Morgan fingerprint density at radius 3 is 2.32 bits per heavy atom. The van der Waals surface area contributed by atoms with E-state index in [-0.39, 0.29) is 5.56 Å². The second-order valence-electron chi connectivity index (χ2n) is 4.45. The zero-order valence-corrected chi connectivity index (χ0v) is 11.4. The fourth-order valence-electron chi connectivity index (χ4n) is 1.78. The highest BCUT2D eigenvalue weighted by molar-refractivity contribution is 5.93. The van der Waals surface area contributed by atoms with Crippen molar-refractivity contribution in [3.8, 4) is 5.75 Å². The zero-order valence-electron chi connectivity index (χ0n) is 11.4. The largest absolute Gasteiger partial charge is 0.573 e. The normalized spacial score (nSPS) is 12.0. The first-order chi connectivity index (χ1) is 10.3. The van der Waals surface area contributed by atoms with Gasteiger partial charge in [-0.05, 0) is 29.8 Å². The van der Waals surface area contributed by atoms with E-state index in [2.05, 4.69) is 28.3 Å². The van der Waals surface area contributed by atoms with Crippen LogP contribution >= 0.6 is 0 Å². The molecule has 22 heavy (non-hydrogen) atoms. The van der Waals surface area contributed by atoms with Crippen molar-refractivity contribution in [2.45, 2.75) is 12.9 Å². The van der Waals surface area contributed by atoms with E-state index in [4.69, 9.17) is 5.73 Å². The number of carbonyl (C=O) groups excluding carboxylic acids is 1. The van der Waals surface area contributed by atoms with Crippen molar-refractivity contribution >= 4 is 11.6 Å². The Balaban J connectivity index is 0.000000183. The summed E-state index contributed by atoms with van der Waals surface area (Å²) in [7, 11) is 0. The Kier molecular flexibility index (Phi) is 4.55. The topological polar surface area (TPSA) is 64.4 Å². The van der Waals surface area contributed by atoms with Crippen LogP contribution < -0.4 is 15.8 Å². The molecule has 4 nitrogen and oxygen atoms in total. The van der Waals surface area contributed by atoms with Gasteiger partial charge in [-0.3, -0.25) is 4.79 Å². The first-order valence-electron chi connectivity index (χ1n) is 6.32. The summed E-state index contributed by atoms with van der Waals surface area (Å²) in [5.74, 6) is -1.27. The van der Waals surface area contributed by atoms with Gasteiger partial charge in [0.1, 0.15) is 5.75 Å². The molecule has 1 amide bonds.